The molecule has 0 aliphatic heterocycles. The Bertz CT molecular complexity index is 357. The first-order chi connectivity index (χ1) is 6.50. The molecule has 1 aromatic rings. The van der Waals surface area contributed by atoms with Crippen molar-refractivity contribution >= 4 is 28.6 Å². The third kappa shape index (κ3) is 2.91. The summed E-state index contributed by atoms with van der Waals surface area (Å²) in [6.07, 6.45) is -0.267. The van der Waals surface area contributed by atoms with Gasteiger partial charge in [0.2, 0.25) is 0 Å². The maximum atomic E-state index is 13.2. The van der Waals surface area contributed by atoms with Crippen LogP contribution in [0.3, 0.4) is 0 Å². The van der Waals surface area contributed by atoms with Gasteiger partial charge in [0.25, 0.3) is 0 Å². The Balaban J connectivity index is 2.93. The Morgan fingerprint density at radius 1 is 1.64 bits per heavy atom. The minimum absolute atomic E-state index is 0.249. The molecule has 3 nitrogen and oxygen atoms in total. The average molecular weight is 309 g/mol. The van der Waals surface area contributed by atoms with Gasteiger partial charge in [-0.05, 0) is 40.8 Å². The third-order valence-electron chi connectivity index (χ3n) is 1.75. The fourth-order valence-corrected chi connectivity index (χ4v) is 1.61. The van der Waals surface area contributed by atoms with Gasteiger partial charge in [-0.3, -0.25) is 4.79 Å². The van der Waals surface area contributed by atoms with Gasteiger partial charge in [0.05, 0.1) is 6.42 Å². The molecule has 76 valence electrons. The third-order valence-corrected chi connectivity index (χ3v) is 2.42. The number of carbonyl (C=O) groups is 1. The molecule has 1 aromatic carbocycles. The van der Waals surface area contributed by atoms with E-state index in [2.05, 4.69) is 0 Å². The number of nitrogens with two attached hydrogens (primary N) is 1. The fourth-order valence-electron chi connectivity index (χ4n) is 1.10. The predicted molar refractivity (Wildman–Crippen MR) is 58.3 cm³/mol. The van der Waals surface area contributed by atoms with Crippen LogP contribution in [0.25, 0.3) is 0 Å². The first kappa shape index (κ1) is 11.4. The van der Waals surface area contributed by atoms with Crippen LogP contribution in [-0.2, 0) is 4.79 Å². The highest BCUT2D eigenvalue weighted by Gasteiger charge is 2.14. The Labute approximate surface area is 94.2 Å². The standard InChI is InChI=1S/C9H9FINO2/c10-7-2-1-5(11)3-6(7)8(12)4-9(13)14/h1-3,8H,4,12H2,(H,13,14)/t8-/m0/s1. The Morgan fingerprint density at radius 2 is 2.29 bits per heavy atom. The van der Waals surface area contributed by atoms with Crippen LogP contribution >= 0.6 is 22.6 Å². The van der Waals surface area contributed by atoms with Crippen molar-refractivity contribution in [3.63, 3.8) is 0 Å². The van der Waals surface area contributed by atoms with E-state index in [0.29, 0.717) is 0 Å². The normalized spacial score (nSPS) is 12.5. The predicted octanol–water partition coefficient (Wildman–Crippen LogP) is 1.90. The molecular weight excluding hydrogens is 300 g/mol. The van der Waals surface area contributed by atoms with Crippen molar-refractivity contribution in [2.75, 3.05) is 0 Å². The van der Waals surface area contributed by atoms with Crippen LogP contribution in [0.15, 0.2) is 18.2 Å². The van der Waals surface area contributed by atoms with Gasteiger partial charge in [0, 0.05) is 15.2 Å². The van der Waals surface area contributed by atoms with E-state index in [0.717, 1.165) is 3.57 Å². The van der Waals surface area contributed by atoms with Crippen LogP contribution in [0.4, 0.5) is 4.39 Å². The van der Waals surface area contributed by atoms with E-state index in [4.69, 9.17) is 10.8 Å². The van der Waals surface area contributed by atoms with E-state index >= 15 is 0 Å². The SMILES string of the molecule is N[C@@H](CC(=O)O)c1cc(I)ccc1F. The molecule has 0 aromatic heterocycles. The number of carboxylic acids is 1. The molecule has 3 N–H and O–H groups in total. The van der Waals surface area contributed by atoms with Crippen LogP contribution in [0, 0.1) is 9.39 Å². The molecule has 14 heavy (non-hydrogen) atoms. The number of rotatable bonds is 3. The number of halogens is 2. The summed E-state index contributed by atoms with van der Waals surface area (Å²) in [5, 5.41) is 8.50. The van der Waals surface area contributed by atoms with Crippen molar-refractivity contribution in [1.29, 1.82) is 0 Å². The van der Waals surface area contributed by atoms with E-state index in [1.807, 2.05) is 22.6 Å². The van der Waals surface area contributed by atoms with E-state index in [9.17, 15) is 9.18 Å². The molecule has 0 saturated carbocycles. The lowest BCUT2D eigenvalue weighted by Crippen LogP contribution is -2.16. The molecule has 5 heteroatoms. The van der Waals surface area contributed by atoms with Gasteiger partial charge < -0.3 is 10.8 Å². The average Bonchev–Trinajstić information content (AvgIpc) is 2.08. The Hall–Kier alpha value is -0.690. The van der Waals surface area contributed by atoms with Crippen molar-refractivity contribution in [1.82, 2.24) is 0 Å². The first-order valence-corrected chi connectivity index (χ1v) is 5.01. The van der Waals surface area contributed by atoms with Gasteiger partial charge in [-0.25, -0.2) is 4.39 Å². The Morgan fingerprint density at radius 3 is 2.86 bits per heavy atom. The zero-order valence-corrected chi connectivity index (χ0v) is 9.36. The molecule has 0 fully saturated rings. The van der Waals surface area contributed by atoms with Crippen LogP contribution in [0.2, 0.25) is 0 Å². The minimum Gasteiger partial charge on any atom is -0.481 e. The summed E-state index contributed by atoms with van der Waals surface area (Å²) in [6.45, 7) is 0. The molecule has 1 atom stereocenters. The lowest BCUT2D eigenvalue weighted by Gasteiger charge is -2.10. The lowest BCUT2D eigenvalue weighted by atomic mass is 10.0. The van der Waals surface area contributed by atoms with Gasteiger partial charge >= 0.3 is 5.97 Å². The number of hydrogen-bond donors (Lipinski definition) is 2. The second-order valence-electron chi connectivity index (χ2n) is 2.87. The summed E-state index contributed by atoms with van der Waals surface area (Å²) in [6, 6.07) is 3.66. The van der Waals surface area contributed by atoms with Crippen molar-refractivity contribution in [2.24, 2.45) is 5.73 Å². The molecule has 0 bridgehead atoms. The summed E-state index contributed by atoms with van der Waals surface area (Å²) in [7, 11) is 0. The van der Waals surface area contributed by atoms with Crippen LogP contribution in [-0.4, -0.2) is 11.1 Å². The van der Waals surface area contributed by atoms with Gasteiger partial charge in [-0.15, -0.1) is 0 Å². The van der Waals surface area contributed by atoms with Crippen LogP contribution < -0.4 is 5.73 Å². The molecule has 1 rings (SSSR count). The van der Waals surface area contributed by atoms with Crippen molar-refractivity contribution in [2.45, 2.75) is 12.5 Å². The van der Waals surface area contributed by atoms with Gasteiger partial charge in [0.1, 0.15) is 5.82 Å². The molecule has 0 saturated heterocycles. The molecule has 0 spiro atoms. The molecule has 0 aliphatic rings. The van der Waals surface area contributed by atoms with E-state index in [1.165, 1.54) is 6.07 Å². The van der Waals surface area contributed by atoms with Gasteiger partial charge in [-0.1, -0.05) is 0 Å². The fraction of sp³-hybridized carbons (Fsp3) is 0.222. The van der Waals surface area contributed by atoms with E-state index < -0.39 is 17.8 Å². The molecular formula is C9H9FINO2. The largest absolute Gasteiger partial charge is 0.481 e. The number of hydrogen-bond acceptors (Lipinski definition) is 2. The highest BCUT2D eigenvalue weighted by Crippen LogP contribution is 2.20. The lowest BCUT2D eigenvalue weighted by molar-refractivity contribution is -0.137. The van der Waals surface area contributed by atoms with Crippen molar-refractivity contribution < 1.29 is 14.3 Å². The van der Waals surface area contributed by atoms with Gasteiger partial charge in [0.15, 0.2) is 0 Å². The summed E-state index contributed by atoms with van der Waals surface area (Å²) in [5.41, 5.74) is 5.79. The number of aliphatic carboxylic acids is 1. The van der Waals surface area contributed by atoms with Crippen molar-refractivity contribution in [3.05, 3.63) is 33.1 Å². The van der Waals surface area contributed by atoms with Crippen LogP contribution in [0.1, 0.15) is 18.0 Å². The summed E-state index contributed by atoms with van der Waals surface area (Å²) >= 11 is 2.02. The molecule has 0 aliphatic carbocycles. The second-order valence-corrected chi connectivity index (χ2v) is 4.12. The molecule has 0 unspecified atom stereocenters. The van der Waals surface area contributed by atoms with E-state index in [-0.39, 0.29) is 12.0 Å². The Kier molecular flexibility index (Phi) is 3.82. The minimum atomic E-state index is -1.03. The molecule has 0 heterocycles. The smallest absolute Gasteiger partial charge is 0.305 e. The van der Waals surface area contributed by atoms with Crippen molar-refractivity contribution in [3.8, 4) is 0 Å². The highest BCUT2D eigenvalue weighted by atomic mass is 127. The number of benzene rings is 1. The molecule has 0 amide bonds. The zero-order chi connectivity index (χ0) is 10.7. The molecule has 0 radical (unpaired) electrons. The topological polar surface area (TPSA) is 63.3 Å². The first-order valence-electron chi connectivity index (χ1n) is 3.93. The summed E-state index contributed by atoms with van der Waals surface area (Å²) < 4.78 is 14.0. The summed E-state index contributed by atoms with van der Waals surface area (Å²) in [5.74, 6) is -1.49. The maximum absolute atomic E-state index is 13.2. The van der Waals surface area contributed by atoms with E-state index in [1.54, 1.807) is 12.1 Å². The monoisotopic (exact) mass is 309 g/mol. The maximum Gasteiger partial charge on any atom is 0.305 e. The quantitative estimate of drug-likeness (QED) is 0.838. The zero-order valence-electron chi connectivity index (χ0n) is 7.21. The second kappa shape index (κ2) is 4.70. The summed E-state index contributed by atoms with van der Waals surface area (Å²) in [4.78, 5) is 10.4. The number of carboxylic acid groups (broad SMARTS) is 1. The highest BCUT2D eigenvalue weighted by molar-refractivity contribution is 14.1. The van der Waals surface area contributed by atoms with Crippen LogP contribution in [0.5, 0.6) is 0 Å². The van der Waals surface area contributed by atoms with Gasteiger partial charge in [-0.2, -0.15) is 0 Å².